The van der Waals surface area contributed by atoms with Crippen LogP contribution in [-0.4, -0.2) is 50.8 Å². The minimum atomic E-state index is -0.166. The van der Waals surface area contributed by atoms with Gasteiger partial charge in [-0.15, -0.1) is 0 Å². The second-order valence-electron chi connectivity index (χ2n) is 6.98. The van der Waals surface area contributed by atoms with Crippen LogP contribution in [-0.2, 0) is 14.3 Å². The van der Waals surface area contributed by atoms with E-state index in [0.29, 0.717) is 31.9 Å². The first-order valence-corrected chi connectivity index (χ1v) is 9.95. The lowest BCUT2D eigenvalue weighted by Crippen LogP contribution is -2.31. The molecule has 1 fully saturated rings. The number of hydrogen-bond acceptors (Lipinski definition) is 4. The molecule has 0 aliphatic carbocycles. The molecule has 3 rings (SSSR count). The largest absolute Gasteiger partial charge is 0.379 e. The maximum absolute atomic E-state index is 12.2. The third kappa shape index (κ3) is 6.32. The van der Waals surface area contributed by atoms with Gasteiger partial charge >= 0.3 is 0 Å². The predicted molar refractivity (Wildman–Crippen MR) is 108 cm³/mol. The van der Waals surface area contributed by atoms with E-state index in [-0.39, 0.29) is 24.3 Å². The topological polar surface area (TPSA) is 76.7 Å². The van der Waals surface area contributed by atoms with Crippen molar-refractivity contribution in [2.24, 2.45) is 0 Å². The Morgan fingerprint density at radius 2 is 1.93 bits per heavy atom. The Morgan fingerprint density at radius 3 is 2.75 bits per heavy atom. The molecule has 2 N–H and O–H groups in total. The van der Waals surface area contributed by atoms with Crippen LogP contribution in [0.1, 0.15) is 36.0 Å². The molecule has 1 saturated heterocycles. The van der Waals surface area contributed by atoms with E-state index in [2.05, 4.69) is 10.6 Å². The van der Waals surface area contributed by atoms with Gasteiger partial charge in [0.05, 0.1) is 12.7 Å². The summed E-state index contributed by atoms with van der Waals surface area (Å²) in [5.41, 5.74) is 0.600. The van der Waals surface area contributed by atoms with Gasteiger partial charge in [-0.25, -0.2) is 0 Å². The fourth-order valence-electron chi connectivity index (χ4n) is 3.20. The molecular formula is C22H28N2O4. The summed E-state index contributed by atoms with van der Waals surface area (Å²) in [5.74, 6) is -0.237. The Labute approximate surface area is 165 Å². The number of rotatable bonds is 10. The van der Waals surface area contributed by atoms with Gasteiger partial charge in [-0.3, -0.25) is 9.59 Å². The Bertz CT molecular complexity index is 787. The number of carbonyl (C=O) groups is 2. The summed E-state index contributed by atoms with van der Waals surface area (Å²) >= 11 is 0. The zero-order chi connectivity index (χ0) is 19.6. The SMILES string of the molecule is O=C(CCNC(=O)c1ccc2ccccc2c1)NCCCOCC1CCCO1. The molecule has 6 nitrogen and oxygen atoms in total. The zero-order valence-corrected chi connectivity index (χ0v) is 16.1. The van der Waals surface area contributed by atoms with Crippen molar-refractivity contribution < 1.29 is 19.1 Å². The molecular weight excluding hydrogens is 356 g/mol. The van der Waals surface area contributed by atoms with Crippen LogP contribution in [0.5, 0.6) is 0 Å². The van der Waals surface area contributed by atoms with Gasteiger partial charge in [-0.1, -0.05) is 30.3 Å². The molecule has 28 heavy (non-hydrogen) atoms. The molecule has 0 spiro atoms. The molecule has 2 aromatic carbocycles. The lowest BCUT2D eigenvalue weighted by atomic mass is 10.1. The van der Waals surface area contributed by atoms with Gasteiger partial charge in [0.2, 0.25) is 5.91 Å². The van der Waals surface area contributed by atoms with Crippen molar-refractivity contribution in [3.63, 3.8) is 0 Å². The number of hydrogen-bond donors (Lipinski definition) is 2. The minimum Gasteiger partial charge on any atom is -0.379 e. The molecule has 1 atom stereocenters. The van der Waals surface area contributed by atoms with E-state index in [9.17, 15) is 9.59 Å². The Hall–Kier alpha value is -2.44. The average Bonchev–Trinajstić information content (AvgIpc) is 3.23. The summed E-state index contributed by atoms with van der Waals surface area (Å²) in [5, 5.41) is 7.76. The highest BCUT2D eigenvalue weighted by molar-refractivity contribution is 5.98. The van der Waals surface area contributed by atoms with Gasteiger partial charge in [0.1, 0.15) is 0 Å². The number of fused-ring (bicyclic) bond motifs is 1. The summed E-state index contributed by atoms with van der Waals surface area (Å²) in [4.78, 5) is 24.1. The van der Waals surface area contributed by atoms with E-state index < -0.39 is 0 Å². The monoisotopic (exact) mass is 384 g/mol. The van der Waals surface area contributed by atoms with Gasteiger partial charge < -0.3 is 20.1 Å². The van der Waals surface area contributed by atoms with Gasteiger partial charge in [-0.05, 0) is 42.2 Å². The van der Waals surface area contributed by atoms with Crippen LogP contribution >= 0.6 is 0 Å². The Morgan fingerprint density at radius 1 is 1.07 bits per heavy atom. The highest BCUT2D eigenvalue weighted by Crippen LogP contribution is 2.15. The van der Waals surface area contributed by atoms with Crippen molar-refractivity contribution >= 4 is 22.6 Å². The average molecular weight is 384 g/mol. The number of benzene rings is 2. The first-order chi connectivity index (χ1) is 13.7. The number of nitrogens with one attached hydrogen (secondary N) is 2. The molecule has 1 unspecified atom stereocenters. The minimum absolute atomic E-state index is 0.0714. The molecule has 0 radical (unpaired) electrons. The van der Waals surface area contributed by atoms with Crippen LogP contribution in [0.3, 0.4) is 0 Å². The molecule has 2 aromatic rings. The molecule has 1 aliphatic heterocycles. The summed E-state index contributed by atoms with van der Waals surface area (Å²) < 4.78 is 11.0. The van der Waals surface area contributed by atoms with Crippen LogP contribution in [0.2, 0.25) is 0 Å². The van der Waals surface area contributed by atoms with Crippen molar-refractivity contribution in [1.29, 1.82) is 0 Å². The summed E-state index contributed by atoms with van der Waals surface area (Å²) in [6.07, 6.45) is 3.45. The molecule has 0 bridgehead atoms. The van der Waals surface area contributed by atoms with Crippen molar-refractivity contribution in [2.45, 2.75) is 31.8 Å². The molecule has 0 aromatic heterocycles. The van der Waals surface area contributed by atoms with Crippen LogP contribution in [0.15, 0.2) is 42.5 Å². The highest BCUT2D eigenvalue weighted by atomic mass is 16.5. The third-order valence-corrected chi connectivity index (χ3v) is 4.76. The smallest absolute Gasteiger partial charge is 0.251 e. The van der Waals surface area contributed by atoms with E-state index in [1.165, 1.54) is 0 Å². The first kappa shape index (κ1) is 20.3. The fourth-order valence-corrected chi connectivity index (χ4v) is 3.20. The normalized spacial score (nSPS) is 16.2. The van der Waals surface area contributed by atoms with Crippen molar-refractivity contribution in [3.05, 3.63) is 48.0 Å². The highest BCUT2D eigenvalue weighted by Gasteiger charge is 2.15. The van der Waals surface area contributed by atoms with Gasteiger partial charge in [0.15, 0.2) is 0 Å². The summed E-state index contributed by atoms with van der Waals surface area (Å²) in [6.45, 7) is 2.96. The first-order valence-electron chi connectivity index (χ1n) is 9.95. The second-order valence-corrected chi connectivity index (χ2v) is 6.98. The number of carbonyl (C=O) groups excluding carboxylic acids is 2. The van der Waals surface area contributed by atoms with Crippen molar-refractivity contribution in [2.75, 3.05) is 32.9 Å². The predicted octanol–water partition coefficient (Wildman–Crippen LogP) is 2.66. The third-order valence-electron chi connectivity index (χ3n) is 4.76. The van der Waals surface area contributed by atoms with Crippen LogP contribution in [0.4, 0.5) is 0 Å². The lowest BCUT2D eigenvalue weighted by molar-refractivity contribution is -0.121. The second kappa shape index (κ2) is 10.8. The van der Waals surface area contributed by atoms with Crippen molar-refractivity contribution in [3.8, 4) is 0 Å². The molecule has 150 valence electrons. The molecule has 2 amide bonds. The lowest BCUT2D eigenvalue weighted by Gasteiger charge is -2.10. The molecule has 6 heteroatoms. The van der Waals surface area contributed by atoms with E-state index in [4.69, 9.17) is 9.47 Å². The maximum Gasteiger partial charge on any atom is 0.251 e. The van der Waals surface area contributed by atoms with Gasteiger partial charge in [0, 0.05) is 38.3 Å². The van der Waals surface area contributed by atoms with Gasteiger partial charge in [0.25, 0.3) is 5.91 Å². The number of amides is 2. The Balaban J connectivity index is 1.26. The molecule has 0 saturated carbocycles. The molecule has 1 heterocycles. The van der Waals surface area contributed by atoms with E-state index in [1.54, 1.807) is 6.07 Å². The number of ether oxygens (including phenoxy) is 2. The summed E-state index contributed by atoms with van der Waals surface area (Å²) in [7, 11) is 0. The van der Waals surface area contributed by atoms with Crippen molar-refractivity contribution in [1.82, 2.24) is 10.6 Å². The van der Waals surface area contributed by atoms with E-state index in [0.717, 1.165) is 36.6 Å². The van der Waals surface area contributed by atoms with E-state index in [1.807, 2.05) is 36.4 Å². The van der Waals surface area contributed by atoms with Crippen LogP contribution in [0.25, 0.3) is 10.8 Å². The van der Waals surface area contributed by atoms with Gasteiger partial charge in [-0.2, -0.15) is 0 Å². The van der Waals surface area contributed by atoms with Crippen LogP contribution < -0.4 is 10.6 Å². The van der Waals surface area contributed by atoms with Crippen LogP contribution in [0, 0.1) is 0 Å². The molecule has 1 aliphatic rings. The Kier molecular flexibility index (Phi) is 7.82. The standard InChI is InChI=1S/C22H28N2O4/c25-21(23-11-4-13-27-16-20-7-3-14-28-20)10-12-24-22(26)19-9-8-17-5-1-2-6-18(17)15-19/h1-2,5-6,8-9,15,20H,3-4,7,10-14,16H2,(H,23,25)(H,24,26). The maximum atomic E-state index is 12.2. The van der Waals surface area contributed by atoms with E-state index >= 15 is 0 Å². The quantitative estimate of drug-likeness (QED) is 0.618. The fraction of sp³-hybridized carbons (Fsp3) is 0.455. The summed E-state index contributed by atoms with van der Waals surface area (Å²) in [6, 6.07) is 13.5. The zero-order valence-electron chi connectivity index (χ0n) is 16.1.